The molecule has 0 bridgehead atoms. The van der Waals surface area contributed by atoms with Crippen LogP contribution >= 0.6 is 0 Å². The molecule has 0 spiro atoms. The lowest BCUT2D eigenvalue weighted by atomic mass is 9.83. The van der Waals surface area contributed by atoms with Gasteiger partial charge in [-0.3, -0.25) is 0 Å². The molecule has 1 aromatic carbocycles. The van der Waals surface area contributed by atoms with Crippen LogP contribution < -0.4 is 10.1 Å². The Morgan fingerprint density at radius 1 is 1.15 bits per heavy atom. The van der Waals surface area contributed by atoms with Crippen molar-refractivity contribution in [1.29, 1.82) is 0 Å². The zero-order valence-corrected chi connectivity index (χ0v) is 13.0. The minimum Gasteiger partial charge on any atom is -0.493 e. The molecule has 2 rings (SSSR count). The predicted octanol–water partition coefficient (Wildman–Crippen LogP) is 4.39. The third-order valence-electron chi connectivity index (χ3n) is 4.32. The second kappa shape index (κ2) is 8.31. The van der Waals surface area contributed by atoms with Gasteiger partial charge >= 0.3 is 0 Å². The summed E-state index contributed by atoms with van der Waals surface area (Å²) in [6.07, 6.45) is 6.65. The van der Waals surface area contributed by atoms with Gasteiger partial charge in [0.15, 0.2) is 0 Å². The van der Waals surface area contributed by atoms with E-state index in [2.05, 4.69) is 43.4 Å². The molecule has 2 heteroatoms. The van der Waals surface area contributed by atoms with Crippen LogP contribution in [-0.4, -0.2) is 13.2 Å². The molecule has 0 heterocycles. The van der Waals surface area contributed by atoms with Gasteiger partial charge in [-0.05, 0) is 43.7 Å². The van der Waals surface area contributed by atoms with Crippen molar-refractivity contribution in [2.75, 3.05) is 13.2 Å². The molecule has 1 aliphatic carbocycles. The number of benzene rings is 1. The summed E-state index contributed by atoms with van der Waals surface area (Å²) in [5.74, 6) is 2.85. The van der Waals surface area contributed by atoms with E-state index in [0.717, 1.165) is 43.7 Å². The van der Waals surface area contributed by atoms with E-state index in [0.29, 0.717) is 0 Å². The molecule has 1 aromatic rings. The maximum Gasteiger partial charge on any atom is 0.123 e. The van der Waals surface area contributed by atoms with Gasteiger partial charge in [0.05, 0.1) is 6.61 Å². The molecule has 20 heavy (non-hydrogen) atoms. The van der Waals surface area contributed by atoms with Crippen LogP contribution in [0.3, 0.4) is 0 Å². The molecule has 1 saturated carbocycles. The van der Waals surface area contributed by atoms with E-state index in [-0.39, 0.29) is 0 Å². The van der Waals surface area contributed by atoms with E-state index in [9.17, 15) is 0 Å². The molecule has 1 N–H and O–H groups in total. The summed E-state index contributed by atoms with van der Waals surface area (Å²) in [4.78, 5) is 0. The van der Waals surface area contributed by atoms with Crippen LogP contribution in [-0.2, 0) is 6.54 Å². The summed E-state index contributed by atoms with van der Waals surface area (Å²) < 4.78 is 5.80. The summed E-state index contributed by atoms with van der Waals surface area (Å²) in [6.45, 7) is 7.40. The van der Waals surface area contributed by atoms with E-state index in [4.69, 9.17) is 4.74 Å². The van der Waals surface area contributed by atoms with Gasteiger partial charge in [-0.25, -0.2) is 0 Å². The van der Waals surface area contributed by atoms with Gasteiger partial charge < -0.3 is 10.1 Å². The number of ether oxygens (including phenoxy) is 1. The van der Waals surface area contributed by atoms with Gasteiger partial charge in [-0.2, -0.15) is 0 Å². The second-order valence-corrected chi connectivity index (χ2v) is 6.21. The van der Waals surface area contributed by atoms with Crippen molar-refractivity contribution in [2.45, 2.75) is 52.5 Å². The Labute approximate surface area is 123 Å². The van der Waals surface area contributed by atoms with E-state index < -0.39 is 0 Å². The van der Waals surface area contributed by atoms with Crippen molar-refractivity contribution in [3.8, 4) is 5.75 Å². The Hall–Kier alpha value is -1.02. The van der Waals surface area contributed by atoms with Crippen molar-refractivity contribution in [2.24, 2.45) is 11.8 Å². The average Bonchev–Trinajstić information content (AvgIpc) is 2.48. The molecule has 1 aliphatic rings. The van der Waals surface area contributed by atoms with E-state index >= 15 is 0 Å². The molecule has 0 unspecified atom stereocenters. The number of nitrogens with one attached hydrogen (secondary N) is 1. The standard InChI is InChI=1S/C18H29NO/c1-3-12-20-18-7-5-4-6-17(18)14-19-13-16-10-8-15(2)9-11-16/h4-7,15-16,19H,3,8-14H2,1-2H3. The smallest absolute Gasteiger partial charge is 0.123 e. The van der Waals surface area contributed by atoms with Crippen LogP contribution in [0, 0.1) is 11.8 Å². The van der Waals surface area contributed by atoms with Gasteiger partial charge in [0, 0.05) is 12.1 Å². The molecular formula is C18H29NO. The van der Waals surface area contributed by atoms with Crippen molar-refractivity contribution in [3.05, 3.63) is 29.8 Å². The zero-order valence-electron chi connectivity index (χ0n) is 13.0. The van der Waals surface area contributed by atoms with E-state index in [1.807, 2.05) is 0 Å². The molecule has 1 fully saturated rings. The lowest BCUT2D eigenvalue weighted by molar-refractivity contribution is 0.280. The first-order chi connectivity index (χ1) is 9.79. The zero-order chi connectivity index (χ0) is 14.2. The largest absolute Gasteiger partial charge is 0.493 e. The summed E-state index contributed by atoms with van der Waals surface area (Å²) >= 11 is 0. The maximum absolute atomic E-state index is 5.80. The van der Waals surface area contributed by atoms with Crippen molar-refractivity contribution < 1.29 is 4.74 Å². The fraction of sp³-hybridized carbons (Fsp3) is 0.667. The highest BCUT2D eigenvalue weighted by Crippen LogP contribution is 2.27. The van der Waals surface area contributed by atoms with Gasteiger partial charge in [0.25, 0.3) is 0 Å². The fourth-order valence-corrected chi connectivity index (χ4v) is 2.95. The Bertz CT molecular complexity index is 383. The van der Waals surface area contributed by atoms with Crippen LogP contribution in [0.15, 0.2) is 24.3 Å². The summed E-state index contributed by atoms with van der Waals surface area (Å²) in [5, 5.41) is 3.62. The van der Waals surface area contributed by atoms with Gasteiger partial charge in [0.1, 0.15) is 5.75 Å². The number of hydrogen-bond acceptors (Lipinski definition) is 2. The molecular weight excluding hydrogens is 246 g/mol. The summed E-state index contributed by atoms with van der Waals surface area (Å²) in [7, 11) is 0. The van der Waals surface area contributed by atoms with Crippen LogP contribution in [0.4, 0.5) is 0 Å². The first-order valence-electron chi connectivity index (χ1n) is 8.21. The highest BCUT2D eigenvalue weighted by molar-refractivity contribution is 5.33. The predicted molar refractivity (Wildman–Crippen MR) is 85.1 cm³/mol. The van der Waals surface area contributed by atoms with Crippen LogP contribution in [0.5, 0.6) is 5.75 Å². The quantitative estimate of drug-likeness (QED) is 0.797. The Balaban J connectivity index is 1.76. The third kappa shape index (κ3) is 4.82. The maximum atomic E-state index is 5.80. The molecule has 0 atom stereocenters. The van der Waals surface area contributed by atoms with Gasteiger partial charge in [-0.1, -0.05) is 44.9 Å². The van der Waals surface area contributed by atoms with Crippen molar-refractivity contribution in [1.82, 2.24) is 5.32 Å². The molecule has 0 saturated heterocycles. The first-order valence-corrected chi connectivity index (χ1v) is 8.21. The Kier molecular flexibility index (Phi) is 6.38. The molecule has 0 aliphatic heterocycles. The lowest BCUT2D eigenvalue weighted by Gasteiger charge is -2.26. The minimum absolute atomic E-state index is 0.803. The molecule has 2 nitrogen and oxygen atoms in total. The van der Waals surface area contributed by atoms with Crippen LogP contribution in [0.25, 0.3) is 0 Å². The second-order valence-electron chi connectivity index (χ2n) is 6.21. The minimum atomic E-state index is 0.803. The van der Waals surface area contributed by atoms with Gasteiger partial charge in [0.2, 0.25) is 0 Å². The van der Waals surface area contributed by atoms with Crippen LogP contribution in [0.2, 0.25) is 0 Å². The first kappa shape index (κ1) is 15.4. The SMILES string of the molecule is CCCOc1ccccc1CNCC1CCC(C)CC1. The van der Waals surface area contributed by atoms with Gasteiger partial charge in [-0.15, -0.1) is 0 Å². The Morgan fingerprint density at radius 2 is 1.90 bits per heavy atom. The highest BCUT2D eigenvalue weighted by Gasteiger charge is 2.17. The summed E-state index contributed by atoms with van der Waals surface area (Å²) in [5.41, 5.74) is 1.28. The monoisotopic (exact) mass is 275 g/mol. The lowest BCUT2D eigenvalue weighted by Crippen LogP contribution is -2.25. The van der Waals surface area contributed by atoms with Crippen LogP contribution in [0.1, 0.15) is 51.5 Å². The third-order valence-corrected chi connectivity index (χ3v) is 4.32. The fourth-order valence-electron chi connectivity index (χ4n) is 2.95. The molecule has 0 amide bonds. The normalized spacial score (nSPS) is 22.7. The Morgan fingerprint density at radius 3 is 2.65 bits per heavy atom. The van der Waals surface area contributed by atoms with E-state index in [1.54, 1.807) is 0 Å². The highest BCUT2D eigenvalue weighted by atomic mass is 16.5. The number of hydrogen-bond donors (Lipinski definition) is 1. The molecule has 0 aromatic heterocycles. The number of para-hydroxylation sites is 1. The summed E-state index contributed by atoms with van der Waals surface area (Å²) in [6, 6.07) is 8.39. The van der Waals surface area contributed by atoms with Crippen molar-refractivity contribution >= 4 is 0 Å². The molecule has 112 valence electrons. The van der Waals surface area contributed by atoms with Crippen molar-refractivity contribution in [3.63, 3.8) is 0 Å². The van der Waals surface area contributed by atoms with E-state index in [1.165, 1.54) is 31.2 Å². The average molecular weight is 275 g/mol. The topological polar surface area (TPSA) is 21.3 Å². The molecule has 0 radical (unpaired) electrons. The number of rotatable bonds is 7.